The monoisotopic (exact) mass is 459 g/mol. The SMILES string of the molecule is C=Nc1cc(-c2ccc3ncc(N4CC(N5CCN(CCO)CC5)C4)nc3c2)ccc1CCN. The minimum atomic E-state index is 0.242. The Balaban J connectivity index is 1.29. The zero-order valence-corrected chi connectivity index (χ0v) is 19.6. The number of rotatable bonds is 8. The van der Waals surface area contributed by atoms with Crippen LogP contribution >= 0.6 is 0 Å². The maximum Gasteiger partial charge on any atom is 0.147 e. The molecule has 0 atom stereocenters. The van der Waals surface area contributed by atoms with E-state index in [2.05, 4.69) is 61.7 Å². The first-order valence-electron chi connectivity index (χ1n) is 12.1. The number of hydrogen-bond acceptors (Lipinski definition) is 8. The molecule has 2 aliphatic rings. The Morgan fingerprint density at radius 1 is 1.03 bits per heavy atom. The van der Waals surface area contributed by atoms with Crippen molar-refractivity contribution in [3.05, 3.63) is 48.2 Å². The van der Waals surface area contributed by atoms with E-state index in [-0.39, 0.29) is 6.61 Å². The van der Waals surface area contributed by atoms with Crippen LogP contribution in [0.3, 0.4) is 0 Å². The summed E-state index contributed by atoms with van der Waals surface area (Å²) < 4.78 is 0. The number of fused-ring (bicyclic) bond motifs is 1. The molecule has 1 aromatic heterocycles. The molecular weight excluding hydrogens is 426 g/mol. The topological polar surface area (TPSA) is 94.1 Å². The zero-order valence-electron chi connectivity index (χ0n) is 19.6. The van der Waals surface area contributed by atoms with Gasteiger partial charge in [-0.1, -0.05) is 18.2 Å². The van der Waals surface area contributed by atoms with Crippen LogP contribution in [0.4, 0.5) is 11.5 Å². The van der Waals surface area contributed by atoms with Crippen molar-refractivity contribution >= 4 is 29.3 Å². The number of piperazine rings is 1. The number of hydrogen-bond donors (Lipinski definition) is 2. The molecule has 2 aliphatic heterocycles. The lowest BCUT2D eigenvalue weighted by atomic mass is 10.0. The van der Waals surface area contributed by atoms with Crippen LogP contribution in [0.5, 0.6) is 0 Å². The van der Waals surface area contributed by atoms with Gasteiger partial charge in [-0.2, -0.15) is 0 Å². The fraction of sp³-hybridized carbons (Fsp3) is 0.423. The van der Waals surface area contributed by atoms with Gasteiger partial charge in [0.1, 0.15) is 5.82 Å². The Hall–Kier alpha value is -2.91. The molecule has 3 aromatic rings. The van der Waals surface area contributed by atoms with Crippen molar-refractivity contribution in [2.75, 3.05) is 63.9 Å². The number of aromatic nitrogens is 2. The van der Waals surface area contributed by atoms with Gasteiger partial charge in [-0.05, 0) is 54.6 Å². The van der Waals surface area contributed by atoms with Crippen LogP contribution in [0.1, 0.15) is 5.56 Å². The van der Waals surface area contributed by atoms with Gasteiger partial charge in [0.05, 0.1) is 29.5 Å². The molecule has 2 aromatic carbocycles. The molecule has 0 spiro atoms. The molecular formula is C26H33N7O. The lowest BCUT2D eigenvalue weighted by Gasteiger charge is -2.48. The molecule has 34 heavy (non-hydrogen) atoms. The summed E-state index contributed by atoms with van der Waals surface area (Å²) in [5.74, 6) is 0.937. The number of nitrogens with two attached hydrogens (primary N) is 1. The average Bonchev–Trinajstić information content (AvgIpc) is 2.84. The number of aliphatic imine (C=N–C) groups is 1. The molecule has 0 amide bonds. The fourth-order valence-corrected chi connectivity index (χ4v) is 4.96. The zero-order chi connectivity index (χ0) is 23.5. The second-order valence-corrected chi connectivity index (χ2v) is 9.13. The minimum absolute atomic E-state index is 0.242. The van der Waals surface area contributed by atoms with E-state index in [0.29, 0.717) is 12.6 Å². The highest BCUT2D eigenvalue weighted by molar-refractivity contribution is 5.83. The Bertz CT molecular complexity index is 1150. The first kappa shape index (κ1) is 22.9. The van der Waals surface area contributed by atoms with Crippen molar-refractivity contribution < 1.29 is 5.11 Å². The van der Waals surface area contributed by atoms with Gasteiger partial charge in [0.25, 0.3) is 0 Å². The van der Waals surface area contributed by atoms with Gasteiger partial charge in [-0.25, -0.2) is 4.98 Å². The van der Waals surface area contributed by atoms with Crippen LogP contribution in [0.15, 0.2) is 47.6 Å². The van der Waals surface area contributed by atoms with Crippen molar-refractivity contribution in [3.8, 4) is 11.1 Å². The number of aliphatic hydroxyl groups excluding tert-OH is 1. The Kier molecular flexibility index (Phi) is 6.82. The Morgan fingerprint density at radius 3 is 2.53 bits per heavy atom. The largest absolute Gasteiger partial charge is 0.395 e. The Labute approximate surface area is 200 Å². The molecule has 178 valence electrons. The molecule has 3 heterocycles. The third-order valence-corrected chi connectivity index (χ3v) is 7.06. The van der Waals surface area contributed by atoms with E-state index in [0.717, 1.165) is 91.5 Å². The second-order valence-electron chi connectivity index (χ2n) is 9.13. The summed E-state index contributed by atoms with van der Waals surface area (Å²) in [5, 5.41) is 9.14. The summed E-state index contributed by atoms with van der Waals surface area (Å²) in [7, 11) is 0. The van der Waals surface area contributed by atoms with E-state index in [9.17, 15) is 0 Å². The number of nitrogens with zero attached hydrogens (tertiary/aromatic N) is 6. The Morgan fingerprint density at radius 2 is 1.79 bits per heavy atom. The first-order chi connectivity index (χ1) is 16.7. The second kappa shape index (κ2) is 10.1. The molecule has 8 nitrogen and oxygen atoms in total. The quantitative estimate of drug-likeness (QED) is 0.497. The van der Waals surface area contributed by atoms with Crippen LogP contribution < -0.4 is 10.6 Å². The van der Waals surface area contributed by atoms with Crippen molar-refractivity contribution in [2.45, 2.75) is 12.5 Å². The predicted octanol–water partition coefficient (Wildman–Crippen LogP) is 1.93. The van der Waals surface area contributed by atoms with Crippen LogP contribution in [0.25, 0.3) is 22.2 Å². The van der Waals surface area contributed by atoms with Crippen molar-refractivity contribution in [2.24, 2.45) is 10.7 Å². The van der Waals surface area contributed by atoms with Crippen molar-refractivity contribution in [3.63, 3.8) is 0 Å². The summed E-state index contributed by atoms with van der Waals surface area (Å²) in [4.78, 5) is 21.0. The highest BCUT2D eigenvalue weighted by atomic mass is 16.3. The lowest BCUT2D eigenvalue weighted by molar-refractivity contribution is 0.0731. The molecule has 0 bridgehead atoms. The molecule has 5 rings (SSSR count). The van der Waals surface area contributed by atoms with Gasteiger partial charge in [0.2, 0.25) is 0 Å². The van der Waals surface area contributed by atoms with E-state index in [1.807, 2.05) is 12.3 Å². The molecule has 2 fully saturated rings. The van der Waals surface area contributed by atoms with E-state index < -0.39 is 0 Å². The number of β-amino-alcohol motifs (C(OH)–C–C–N with tert-alkyl or cyclic N) is 1. The normalized spacial score (nSPS) is 17.8. The van der Waals surface area contributed by atoms with E-state index in [4.69, 9.17) is 15.8 Å². The van der Waals surface area contributed by atoms with Gasteiger partial charge in [0, 0.05) is 51.9 Å². The van der Waals surface area contributed by atoms with Crippen LogP contribution in [0.2, 0.25) is 0 Å². The maximum absolute atomic E-state index is 9.14. The van der Waals surface area contributed by atoms with Gasteiger partial charge in [-0.3, -0.25) is 19.8 Å². The van der Waals surface area contributed by atoms with E-state index in [1.165, 1.54) is 0 Å². The van der Waals surface area contributed by atoms with E-state index in [1.54, 1.807) is 0 Å². The van der Waals surface area contributed by atoms with Gasteiger partial charge in [-0.15, -0.1) is 0 Å². The van der Waals surface area contributed by atoms with Gasteiger partial charge in [0.15, 0.2) is 0 Å². The minimum Gasteiger partial charge on any atom is -0.395 e. The van der Waals surface area contributed by atoms with E-state index >= 15 is 0 Å². The molecule has 0 unspecified atom stereocenters. The third kappa shape index (κ3) is 4.67. The average molecular weight is 460 g/mol. The van der Waals surface area contributed by atoms with Crippen molar-refractivity contribution in [1.82, 2.24) is 19.8 Å². The standard InChI is InChI=1S/C26H33N7O/c1-28-24-14-20(3-2-19(24)6-7-27)21-4-5-23-25(15-21)30-26(16-29-23)33-17-22(18-33)32-10-8-31(9-11-32)12-13-34/h2-5,14-16,22,34H,1,6-13,17-18,27H2. The molecule has 2 saturated heterocycles. The number of aliphatic hydroxyl groups is 1. The summed E-state index contributed by atoms with van der Waals surface area (Å²) >= 11 is 0. The van der Waals surface area contributed by atoms with Crippen LogP contribution in [0, 0.1) is 0 Å². The van der Waals surface area contributed by atoms with Crippen LogP contribution in [-0.2, 0) is 6.42 Å². The van der Waals surface area contributed by atoms with Gasteiger partial charge < -0.3 is 15.7 Å². The summed E-state index contributed by atoms with van der Waals surface area (Å²) in [6.45, 7) is 11.5. The maximum atomic E-state index is 9.14. The smallest absolute Gasteiger partial charge is 0.147 e. The highest BCUT2D eigenvalue weighted by Crippen LogP contribution is 2.30. The summed E-state index contributed by atoms with van der Waals surface area (Å²) in [6.07, 6.45) is 2.68. The molecule has 0 saturated carbocycles. The lowest BCUT2D eigenvalue weighted by Crippen LogP contribution is -2.63. The predicted molar refractivity (Wildman–Crippen MR) is 138 cm³/mol. The summed E-state index contributed by atoms with van der Waals surface area (Å²) in [5.41, 5.74) is 11.7. The first-order valence-corrected chi connectivity index (χ1v) is 12.1. The van der Waals surface area contributed by atoms with Crippen molar-refractivity contribution in [1.29, 1.82) is 0 Å². The summed E-state index contributed by atoms with van der Waals surface area (Å²) in [6, 6.07) is 13.0. The molecule has 0 radical (unpaired) electrons. The molecule has 0 aliphatic carbocycles. The van der Waals surface area contributed by atoms with Crippen LogP contribution in [-0.4, -0.2) is 96.6 Å². The number of benzene rings is 2. The number of anilines is 1. The van der Waals surface area contributed by atoms with Gasteiger partial charge >= 0.3 is 0 Å². The molecule has 8 heteroatoms. The molecule has 3 N–H and O–H groups in total. The highest BCUT2D eigenvalue weighted by Gasteiger charge is 2.34. The third-order valence-electron chi connectivity index (χ3n) is 7.06. The fourth-order valence-electron chi connectivity index (χ4n) is 4.96.